The number of anilines is 1. The van der Waals surface area contributed by atoms with E-state index in [0.717, 1.165) is 16.9 Å². The number of aromatic nitrogens is 1. The molecule has 6 heteroatoms. The average Bonchev–Trinajstić information content (AvgIpc) is 2.61. The number of aromatic hydroxyl groups is 1. The SMILES string of the molecule is CCOc1cc(C=CC(=O)NCc2ccc(N(C)C)nc2)ccc1O. The normalized spacial score (nSPS) is 10.7. The summed E-state index contributed by atoms with van der Waals surface area (Å²) >= 11 is 0. The minimum absolute atomic E-state index is 0.0807. The third kappa shape index (κ3) is 5.53. The molecular formula is C19H23N3O3. The molecule has 0 aliphatic rings. The summed E-state index contributed by atoms with van der Waals surface area (Å²) < 4.78 is 5.32. The molecule has 0 saturated heterocycles. The van der Waals surface area contributed by atoms with E-state index in [4.69, 9.17) is 4.74 Å². The van der Waals surface area contributed by atoms with Gasteiger partial charge in [0, 0.05) is 32.9 Å². The molecule has 2 aromatic rings. The van der Waals surface area contributed by atoms with E-state index < -0.39 is 0 Å². The van der Waals surface area contributed by atoms with Gasteiger partial charge in [-0.2, -0.15) is 0 Å². The van der Waals surface area contributed by atoms with Crippen LogP contribution < -0.4 is 15.0 Å². The number of carbonyl (C=O) groups is 1. The number of rotatable bonds is 7. The summed E-state index contributed by atoms with van der Waals surface area (Å²) in [4.78, 5) is 18.2. The molecule has 6 nitrogen and oxygen atoms in total. The van der Waals surface area contributed by atoms with Gasteiger partial charge in [0.25, 0.3) is 0 Å². The Morgan fingerprint density at radius 1 is 1.32 bits per heavy atom. The van der Waals surface area contributed by atoms with Crippen molar-refractivity contribution in [2.45, 2.75) is 13.5 Å². The molecule has 0 unspecified atom stereocenters. The summed E-state index contributed by atoms with van der Waals surface area (Å²) in [6, 6.07) is 8.78. The highest BCUT2D eigenvalue weighted by atomic mass is 16.5. The van der Waals surface area contributed by atoms with E-state index in [9.17, 15) is 9.90 Å². The summed E-state index contributed by atoms with van der Waals surface area (Å²) in [6.45, 7) is 2.71. The summed E-state index contributed by atoms with van der Waals surface area (Å²) in [6.07, 6.45) is 4.86. The van der Waals surface area contributed by atoms with Crippen LogP contribution >= 0.6 is 0 Å². The fourth-order valence-electron chi connectivity index (χ4n) is 2.11. The first-order valence-electron chi connectivity index (χ1n) is 8.03. The highest BCUT2D eigenvalue weighted by Crippen LogP contribution is 2.27. The number of carbonyl (C=O) groups excluding carboxylic acids is 1. The fraction of sp³-hybridized carbons (Fsp3) is 0.263. The molecular weight excluding hydrogens is 318 g/mol. The van der Waals surface area contributed by atoms with Gasteiger partial charge in [-0.1, -0.05) is 12.1 Å². The standard InChI is InChI=1S/C19H23N3O3/c1-4-25-17-11-14(5-8-16(17)23)7-10-19(24)21-13-15-6-9-18(20-12-15)22(2)3/h5-12,23H,4,13H2,1-3H3,(H,21,24). The van der Waals surface area contributed by atoms with Crippen molar-refractivity contribution in [2.24, 2.45) is 0 Å². The number of hydrogen-bond acceptors (Lipinski definition) is 5. The first kappa shape index (κ1) is 18.3. The Morgan fingerprint density at radius 2 is 2.12 bits per heavy atom. The molecule has 1 amide bonds. The smallest absolute Gasteiger partial charge is 0.244 e. The van der Waals surface area contributed by atoms with E-state index in [1.165, 1.54) is 6.08 Å². The van der Waals surface area contributed by atoms with Gasteiger partial charge < -0.3 is 20.1 Å². The molecule has 0 saturated carbocycles. The van der Waals surface area contributed by atoms with Crippen LogP contribution in [-0.4, -0.2) is 36.7 Å². The number of phenols is 1. The number of nitrogens with zero attached hydrogens (tertiary/aromatic N) is 2. The Labute approximate surface area is 147 Å². The Morgan fingerprint density at radius 3 is 2.76 bits per heavy atom. The van der Waals surface area contributed by atoms with Crippen molar-refractivity contribution in [1.29, 1.82) is 0 Å². The molecule has 0 fully saturated rings. The van der Waals surface area contributed by atoms with Crippen molar-refractivity contribution >= 4 is 17.8 Å². The van der Waals surface area contributed by atoms with Crippen LogP contribution in [0.3, 0.4) is 0 Å². The van der Waals surface area contributed by atoms with E-state index in [1.54, 1.807) is 30.5 Å². The maximum absolute atomic E-state index is 11.9. The molecule has 0 atom stereocenters. The lowest BCUT2D eigenvalue weighted by Gasteiger charge is -2.11. The second-order valence-corrected chi connectivity index (χ2v) is 5.63. The molecule has 1 aromatic carbocycles. The van der Waals surface area contributed by atoms with Gasteiger partial charge in [-0.05, 0) is 42.3 Å². The van der Waals surface area contributed by atoms with Gasteiger partial charge >= 0.3 is 0 Å². The Balaban J connectivity index is 1.91. The van der Waals surface area contributed by atoms with Gasteiger partial charge in [0.15, 0.2) is 11.5 Å². The minimum atomic E-state index is -0.206. The fourth-order valence-corrected chi connectivity index (χ4v) is 2.11. The van der Waals surface area contributed by atoms with Crippen molar-refractivity contribution in [3.05, 3.63) is 53.7 Å². The quantitative estimate of drug-likeness (QED) is 0.757. The molecule has 0 aliphatic heterocycles. The summed E-state index contributed by atoms with van der Waals surface area (Å²) in [5.41, 5.74) is 1.70. The lowest BCUT2D eigenvalue weighted by Crippen LogP contribution is -2.20. The molecule has 0 radical (unpaired) electrons. The number of amides is 1. The maximum Gasteiger partial charge on any atom is 0.244 e. The van der Waals surface area contributed by atoms with Gasteiger partial charge in [-0.25, -0.2) is 4.98 Å². The van der Waals surface area contributed by atoms with Crippen LogP contribution in [-0.2, 0) is 11.3 Å². The number of phenolic OH excluding ortho intramolecular Hbond substituents is 1. The molecule has 0 aliphatic carbocycles. The van der Waals surface area contributed by atoms with Crippen LogP contribution in [0.5, 0.6) is 11.5 Å². The molecule has 25 heavy (non-hydrogen) atoms. The zero-order valence-corrected chi connectivity index (χ0v) is 14.7. The van der Waals surface area contributed by atoms with E-state index in [0.29, 0.717) is 18.9 Å². The van der Waals surface area contributed by atoms with Gasteiger partial charge in [0.05, 0.1) is 6.61 Å². The molecule has 2 rings (SSSR count). The zero-order valence-electron chi connectivity index (χ0n) is 14.7. The van der Waals surface area contributed by atoms with Crippen LogP contribution in [0.2, 0.25) is 0 Å². The number of nitrogens with one attached hydrogen (secondary N) is 1. The number of ether oxygens (including phenoxy) is 1. The van der Waals surface area contributed by atoms with Crippen LogP contribution in [0.4, 0.5) is 5.82 Å². The van der Waals surface area contributed by atoms with Gasteiger partial charge in [0.2, 0.25) is 5.91 Å². The van der Waals surface area contributed by atoms with Crippen molar-refractivity contribution in [3.63, 3.8) is 0 Å². The molecule has 132 valence electrons. The predicted octanol–water partition coefficient (Wildman–Crippen LogP) is 2.58. The number of benzene rings is 1. The molecule has 0 bridgehead atoms. The van der Waals surface area contributed by atoms with Gasteiger partial charge in [-0.15, -0.1) is 0 Å². The van der Waals surface area contributed by atoms with E-state index in [-0.39, 0.29) is 11.7 Å². The Hall–Kier alpha value is -3.02. The highest BCUT2D eigenvalue weighted by molar-refractivity contribution is 5.91. The predicted molar refractivity (Wildman–Crippen MR) is 98.7 cm³/mol. The maximum atomic E-state index is 11.9. The van der Waals surface area contributed by atoms with E-state index >= 15 is 0 Å². The van der Waals surface area contributed by atoms with Crippen LogP contribution in [0.15, 0.2) is 42.6 Å². The van der Waals surface area contributed by atoms with Crippen molar-refractivity contribution in [3.8, 4) is 11.5 Å². The molecule has 1 heterocycles. The minimum Gasteiger partial charge on any atom is -0.504 e. The summed E-state index contributed by atoms with van der Waals surface area (Å²) in [7, 11) is 3.85. The molecule has 0 spiro atoms. The zero-order chi connectivity index (χ0) is 18.2. The van der Waals surface area contributed by atoms with Crippen molar-refractivity contribution in [1.82, 2.24) is 10.3 Å². The lowest BCUT2D eigenvalue weighted by atomic mass is 10.2. The lowest BCUT2D eigenvalue weighted by molar-refractivity contribution is -0.116. The first-order valence-corrected chi connectivity index (χ1v) is 8.03. The third-order valence-corrected chi connectivity index (χ3v) is 3.44. The second kappa shape index (κ2) is 8.73. The first-order chi connectivity index (χ1) is 12.0. The third-order valence-electron chi connectivity index (χ3n) is 3.44. The van der Waals surface area contributed by atoms with Crippen molar-refractivity contribution < 1.29 is 14.6 Å². The Bertz CT molecular complexity index is 740. The van der Waals surface area contributed by atoms with Crippen LogP contribution in [0.25, 0.3) is 6.08 Å². The van der Waals surface area contributed by atoms with E-state index in [2.05, 4.69) is 10.3 Å². The second-order valence-electron chi connectivity index (χ2n) is 5.63. The van der Waals surface area contributed by atoms with Gasteiger partial charge in [-0.3, -0.25) is 4.79 Å². The number of pyridine rings is 1. The molecule has 2 N–H and O–H groups in total. The Kier molecular flexibility index (Phi) is 6.39. The van der Waals surface area contributed by atoms with Crippen LogP contribution in [0, 0.1) is 0 Å². The molecule has 1 aromatic heterocycles. The number of hydrogen-bond donors (Lipinski definition) is 2. The topological polar surface area (TPSA) is 74.7 Å². The van der Waals surface area contributed by atoms with Crippen LogP contribution in [0.1, 0.15) is 18.1 Å². The van der Waals surface area contributed by atoms with E-state index in [1.807, 2.05) is 38.1 Å². The van der Waals surface area contributed by atoms with Gasteiger partial charge in [0.1, 0.15) is 5.82 Å². The summed E-state index contributed by atoms with van der Waals surface area (Å²) in [5, 5.41) is 12.5. The van der Waals surface area contributed by atoms with Crippen molar-refractivity contribution in [2.75, 3.05) is 25.6 Å². The largest absolute Gasteiger partial charge is 0.504 e. The highest BCUT2D eigenvalue weighted by Gasteiger charge is 2.03. The summed E-state index contributed by atoms with van der Waals surface area (Å²) in [5.74, 6) is 1.14. The monoisotopic (exact) mass is 341 g/mol. The average molecular weight is 341 g/mol.